The van der Waals surface area contributed by atoms with E-state index >= 15 is 0 Å². The average Bonchev–Trinajstić information content (AvgIpc) is 2.32. The van der Waals surface area contributed by atoms with E-state index in [-0.39, 0.29) is 0 Å². The maximum atomic E-state index is 7.21. The Hall–Kier alpha value is 0.731. The van der Waals surface area contributed by atoms with Crippen molar-refractivity contribution in [3.8, 4) is 0 Å². The predicted molar refractivity (Wildman–Crippen MR) is 120 cm³/mol. The second kappa shape index (κ2) is 7.16. The average molecular weight is 423 g/mol. The summed E-state index contributed by atoms with van der Waals surface area (Å²) in [6, 6.07) is 10.3. The quantitative estimate of drug-likeness (QED) is 0.321. The maximum Gasteiger partial charge on any atom is 0.143 e. The summed E-state index contributed by atoms with van der Waals surface area (Å²) >= 11 is 13.3. The lowest BCUT2D eigenvalue weighted by molar-refractivity contribution is 0.387. The SMILES string of the molecule is C[Si](C)(C)N(N([Si](C)(C)C)P(=S)(Cl)c1ccccc1)[Si](C)(C)C. The molecule has 0 amide bonds. The van der Waals surface area contributed by atoms with Gasteiger partial charge in [0.25, 0.3) is 0 Å². The highest BCUT2D eigenvalue weighted by Crippen LogP contribution is 2.58. The molecule has 0 fully saturated rings. The van der Waals surface area contributed by atoms with Gasteiger partial charge in [-0.1, -0.05) is 112 Å². The highest BCUT2D eigenvalue weighted by Gasteiger charge is 2.48. The largest absolute Gasteiger partial charge is 0.285 e. The minimum Gasteiger partial charge on any atom is -0.285 e. The molecule has 1 atom stereocenters. The van der Waals surface area contributed by atoms with Crippen molar-refractivity contribution in [2.45, 2.75) is 58.9 Å². The summed E-state index contributed by atoms with van der Waals surface area (Å²) in [5.41, 5.74) is -2.33. The third-order valence-corrected chi connectivity index (χ3v) is 19.7. The zero-order chi connectivity index (χ0) is 18.3. The Morgan fingerprint density at radius 1 is 0.783 bits per heavy atom. The summed E-state index contributed by atoms with van der Waals surface area (Å²) in [6.45, 7) is 21.6. The van der Waals surface area contributed by atoms with Crippen molar-refractivity contribution in [1.29, 1.82) is 0 Å². The molecular formula is C15H32ClN2PSSi3. The molecule has 0 aliphatic rings. The molecule has 1 rings (SSSR count). The monoisotopic (exact) mass is 422 g/mol. The van der Waals surface area contributed by atoms with Gasteiger partial charge in [-0.3, -0.25) is 4.34 Å². The number of hydrogen-bond donors (Lipinski definition) is 0. The summed E-state index contributed by atoms with van der Waals surface area (Å²) < 4.78 is 5.25. The van der Waals surface area contributed by atoms with Gasteiger partial charge in [-0.25, -0.2) is 4.44 Å². The molecule has 8 heteroatoms. The molecule has 1 unspecified atom stereocenters. The molecule has 0 saturated carbocycles. The summed E-state index contributed by atoms with van der Waals surface area (Å²) in [6.07, 6.45) is 0. The van der Waals surface area contributed by atoms with E-state index < -0.39 is 30.2 Å². The van der Waals surface area contributed by atoms with Gasteiger partial charge in [0.05, 0.1) is 0 Å². The number of benzene rings is 1. The Kier molecular flexibility index (Phi) is 6.77. The molecule has 0 aliphatic heterocycles. The molecule has 0 aromatic heterocycles. The van der Waals surface area contributed by atoms with Crippen LogP contribution in [0.4, 0.5) is 0 Å². The number of hydrogen-bond acceptors (Lipinski definition) is 2. The topological polar surface area (TPSA) is 6.48 Å². The molecule has 23 heavy (non-hydrogen) atoms. The van der Waals surface area contributed by atoms with Gasteiger partial charge in [-0.2, -0.15) is 0 Å². The first-order valence-corrected chi connectivity index (χ1v) is 22.1. The van der Waals surface area contributed by atoms with E-state index in [1.165, 1.54) is 0 Å². The van der Waals surface area contributed by atoms with Crippen molar-refractivity contribution < 1.29 is 0 Å². The Morgan fingerprint density at radius 2 is 1.17 bits per heavy atom. The number of nitrogens with zero attached hydrogens (tertiary/aromatic N) is 2. The van der Waals surface area contributed by atoms with Gasteiger partial charge < -0.3 is 0 Å². The van der Waals surface area contributed by atoms with Crippen molar-refractivity contribution in [2.24, 2.45) is 0 Å². The Bertz CT molecular complexity index is 565. The lowest BCUT2D eigenvalue weighted by Gasteiger charge is -2.57. The zero-order valence-electron chi connectivity index (χ0n) is 16.0. The van der Waals surface area contributed by atoms with Crippen LogP contribution in [0.25, 0.3) is 0 Å². The summed E-state index contributed by atoms with van der Waals surface area (Å²) in [5.74, 6) is 0. The third kappa shape index (κ3) is 5.35. The van der Waals surface area contributed by atoms with Crippen LogP contribution in [0.2, 0.25) is 58.9 Å². The van der Waals surface area contributed by atoms with E-state index in [9.17, 15) is 0 Å². The lowest BCUT2D eigenvalue weighted by Crippen LogP contribution is -2.70. The number of hydrazine groups is 1. The van der Waals surface area contributed by atoms with Crippen molar-refractivity contribution in [3.63, 3.8) is 0 Å². The van der Waals surface area contributed by atoms with E-state index in [2.05, 4.69) is 92.0 Å². The second-order valence-corrected chi connectivity index (χ2v) is 29.6. The van der Waals surface area contributed by atoms with E-state index in [1.807, 2.05) is 6.07 Å². The van der Waals surface area contributed by atoms with Gasteiger partial charge in [0.15, 0.2) is 0 Å². The fourth-order valence-corrected chi connectivity index (χ4v) is 29.4. The first kappa shape index (κ1) is 21.8. The van der Waals surface area contributed by atoms with Gasteiger partial charge in [0.2, 0.25) is 0 Å². The minimum absolute atomic E-state index is 1.11. The molecule has 0 spiro atoms. The van der Waals surface area contributed by atoms with Crippen LogP contribution in [0.3, 0.4) is 0 Å². The van der Waals surface area contributed by atoms with Gasteiger partial charge in [-0.05, 0) is 0 Å². The predicted octanol–water partition coefficient (Wildman–Crippen LogP) is 5.88. The van der Waals surface area contributed by atoms with Crippen LogP contribution in [0, 0.1) is 0 Å². The van der Waals surface area contributed by atoms with E-state index in [4.69, 9.17) is 23.0 Å². The van der Waals surface area contributed by atoms with Gasteiger partial charge >= 0.3 is 0 Å². The van der Waals surface area contributed by atoms with Crippen LogP contribution in [-0.4, -0.2) is 33.5 Å². The maximum absolute atomic E-state index is 7.21. The molecule has 0 radical (unpaired) electrons. The first-order valence-electron chi connectivity index (χ1n) is 8.06. The van der Waals surface area contributed by atoms with Crippen LogP contribution < -0.4 is 5.30 Å². The first-order chi connectivity index (χ1) is 10.1. The number of halogens is 1. The van der Waals surface area contributed by atoms with Crippen LogP contribution in [-0.2, 0) is 11.8 Å². The highest BCUT2D eigenvalue weighted by molar-refractivity contribution is 8.30. The molecule has 1 aromatic carbocycles. The van der Waals surface area contributed by atoms with E-state index in [1.54, 1.807) is 0 Å². The molecule has 0 heterocycles. The fraction of sp³-hybridized carbons (Fsp3) is 0.600. The third-order valence-electron chi connectivity index (χ3n) is 3.38. The van der Waals surface area contributed by atoms with Crippen LogP contribution in [0.15, 0.2) is 30.3 Å². The van der Waals surface area contributed by atoms with E-state index in [0.29, 0.717) is 0 Å². The van der Waals surface area contributed by atoms with Gasteiger partial charge in [0.1, 0.15) is 30.2 Å². The smallest absolute Gasteiger partial charge is 0.143 e. The summed E-state index contributed by atoms with van der Waals surface area (Å²) in [4.78, 5) is 0. The normalized spacial score (nSPS) is 16.7. The molecule has 1 aromatic rings. The Balaban J connectivity index is 3.61. The molecule has 0 N–H and O–H groups in total. The molecule has 0 saturated heterocycles. The standard InChI is InChI=1S/C15H32ClN2PSSi3/c1-21(2,3)17(18(22(4,5)6)23(7,8)9)19(16,20)15-13-11-10-12-14-15/h10-14H,1-9H3. The zero-order valence-corrected chi connectivity index (χ0v) is 21.5. The summed E-state index contributed by atoms with van der Waals surface area (Å²) in [5, 5.41) is 1.11. The van der Waals surface area contributed by atoms with Crippen molar-refractivity contribution in [2.75, 3.05) is 0 Å². The molecule has 0 aliphatic carbocycles. The highest BCUT2D eigenvalue weighted by atomic mass is 35.7. The van der Waals surface area contributed by atoms with Gasteiger partial charge in [-0.15, -0.1) is 0 Å². The van der Waals surface area contributed by atoms with Crippen LogP contribution in [0.1, 0.15) is 0 Å². The molecule has 2 nitrogen and oxygen atoms in total. The van der Waals surface area contributed by atoms with Gasteiger partial charge in [0, 0.05) is 5.30 Å². The minimum atomic E-state index is -2.33. The van der Waals surface area contributed by atoms with Crippen molar-refractivity contribution in [1.82, 2.24) is 8.79 Å². The van der Waals surface area contributed by atoms with Crippen molar-refractivity contribution >= 4 is 58.6 Å². The Labute approximate surface area is 156 Å². The molecule has 0 bridgehead atoms. The van der Waals surface area contributed by atoms with E-state index in [0.717, 1.165) is 5.30 Å². The van der Waals surface area contributed by atoms with Crippen LogP contribution in [0.5, 0.6) is 0 Å². The Morgan fingerprint density at radius 3 is 1.48 bits per heavy atom. The second-order valence-electron chi connectivity index (χ2n) is 8.95. The lowest BCUT2D eigenvalue weighted by atomic mass is 10.4. The number of rotatable bonds is 6. The van der Waals surface area contributed by atoms with Crippen molar-refractivity contribution in [3.05, 3.63) is 30.3 Å². The fourth-order valence-electron chi connectivity index (χ4n) is 3.10. The molecule has 132 valence electrons. The van der Waals surface area contributed by atoms with Crippen LogP contribution >= 0.6 is 16.8 Å². The molecular weight excluding hydrogens is 391 g/mol. The summed E-state index contributed by atoms with van der Waals surface area (Å²) in [7, 11) is -4.96.